The molecule has 7 aromatic rings. The van der Waals surface area contributed by atoms with Gasteiger partial charge in [0.1, 0.15) is 17.1 Å². The summed E-state index contributed by atoms with van der Waals surface area (Å²) in [5, 5.41) is 3.18. The first kappa shape index (κ1) is 20.3. The topological polar surface area (TPSA) is 77.3 Å². The molecule has 0 saturated carbocycles. The molecule has 0 saturated heterocycles. The summed E-state index contributed by atoms with van der Waals surface area (Å²) in [6, 6.07) is 35.9. The molecule has 6 nitrogen and oxygen atoms in total. The normalized spacial score (nSPS) is 11.3. The Morgan fingerprint density at radius 1 is 0.278 bits per heavy atom. The molecule has 0 fully saturated rings. The molecule has 36 heavy (non-hydrogen) atoms. The van der Waals surface area contributed by atoms with Crippen LogP contribution in [-0.2, 0) is 0 Å². The number of aromatic nitrogens is 6. The first-order chi connectivity index (χ1) is 17.8. The molecule has 6 heteroatoms. The van der Waals surface area contributed by atoms with Crippen molar-refractivity contribution in [3.8, 4) is 34.6 Å². The lowest BCUT2D eigenvalue weighted by atomic mass is 10.2. The van der Waals surface area contributed by atoms with Crippen molar-refractivity contribution in [2.24, 2.45) is 0 Å². The highest BCUT2D eigenvalue weighted by atomic mass is 15.1. The van der Waals surface area contributed by atoms with Crippen molar-refractivity contribution >= 4 is 32.7 Å². The summed E-state index contributed by atoms with van der Waals surface area (Å²) in [4.78, 5) is 28.9. The minimum Gasteiger partial charge on any atom is -0.244 e. The first-order valence-electron chi connectivity index (χ1n) is 11.6. The van der Waals surface area contributed by atoms with Crippen LogP contribution in [0.25, 0.3) is 67.3 Å². The van der Waals surface area contributed by atoms with Gasteiger partial charge < -0.3 is 0 Å². The van der Waals surface area contributed by atoms with Gasteiger partial charge in [0.2, 0.25) is 0 Å². The second kappa shape index (κ2) is 8.29. The van der Waals surface area contributed by atoms with Gasteiger partial charge in [0.05, 0.1) is 16.6 Å². The molecule has 0 spiro atoms. The number of nitrogens with zero attached hydrogens (tertiary/aromatic N) is 6. The van der Waals surface area contributed by atoms with E-state index in [0.29, 0.717) is 34.6 Å². The molecule has 168 valence electrons. The predicted molar refractivity (Wildman–Crippen MR) is 142 cm³/mol. The van der Waals surface area contributed by atoms with Gasteiger partial charge in [-0.25, -0.2) is 29.9 Å². The number of benzene rings is 3. The summed E-state index contributed by atoms with van der Waals surface area (Å²) in [6.07, 6.45) is 0. The average molecular weight is 463 g/mol. The maximum Gasteiger partial charge on any atom is 0.182 e. The summed E-state index contributed by atoms with van der Waals surface area (Å²) in [6.45, 7) is 0. The van der Waals surface area contributed by atoms with E-state index in [4.69, 9.17) is 29.9 Å². The third kappa shape index (κ3) is 3.61. The fraction of sp³-hybridized carbons (Fsp3) is 0. The molecule has 0 N–H and O–H groups in total. The maximum atomic E-state index is 4.82. The molecule has 0 aliphatic rings. The number of fused-ring (bicyclic) bond motifs is 3. The Morgan fingerprint density at radius 2 is 0.583 bits per heavy atom. The maximum absolute atomic E-state index is 4.82. The Balaban J connectivity index is 1.45. The first-order valence-corrected chi connectivity index (χ1v) is 11.6. The highest BCUT2D eigenvalue weighted by Crippen LogP contribution is 2.26. The summed E-state index contributed by atoms with van der Waals surface area (Å²) in [5.74, 6) is 1.43. The molecule has 7 rings (SSSR count). The second-order valence-corrected chi connectivity index (χ2v) is 8.47. The molecular weight excluding hydrogens is 444 g/mol. The number of rotatable bonds is 3. The minimum absolute atomic E-state index is 0.477. The number of pyridine rings is 3. The van der Waals surface area contributed by atoms with Crippen LogP contribution < -0.4 is 0 Å². The second-order valence-electron chi connectivity index (χ2n) is 8.47. The highest BCUT2D eigenvalue weighted by Gasteiger charge is 2.15. The van der Waals surface area contributed by atoms with Gasteiger partial charge in [-0.2, -0.15) is 0 Å². The highest BCUT2D eigenvalue weighted by molar-refractivity contribution is 5.83. The summed E-state index contributed by atoms with van der Waals surface area (Å²) < 4.78 is 0. The lowest BCUT2D eigenvalue weighted by Gasteiger charge is -2.09. The van der Waals surface area contributed by atoms with Crippen LogP contribution in [0.5, 0.6) is 0 Å². The van der Waals surface area contributed by atoms with Crippen LogP contribution in [0.2, 0.25) is 0 Å². The van der Waals surface area contributed by atoms with E-state index in [-0.39, 0.29) is 0 Å². The average Bonchev–Trinajstić information content (AvgIpc) is 2.96. The van der Waals surface area contributed by atoms with Crippen LogP contribution in [0.3, 0.4) is 0 Å². The van der Waals surface area contributed by atoms with Crippen LogP contribution in [0, 0.1) is 0 Å². The van der Waals surface area contributed by atoms with Crippen molar-refractivity contribution < 1.29 is 0 Å². The van der Waals surface area contributed by atoms with Gasteiger partial charge >= 0.3 is 0 Å². The van der Waals surface area contributed by atoms with Crippen molar-refractivity contribution in [1.82, 2.24) is 29.9 Å². The van der Waals surface area contributed by atoms with E-state index in [1.54, 1.807) is 0 Å². The Labute approximate surface area is 206 Å². The predicted octanol–water partition coefficient (Wildman–Crippen LogP) is 6.52. The van der Waals surface area contributed by atoms with Crippen molar-refractivity contribution in [2.45, 2.75) is 0 Å². The van der Waals surface area contributed by atoms with E-state index in [9.17, 15) is 0 Å². The van der Waals surface area contributed by atoms with Gasteiger partial charge in [-0.05, 0) is 36.4 Å². The molecule has 0 aliphatic carbocycles. The van der Waals surface area contributed by atoms with Gasteiger partial charge in [-0.3, -0.25) is 0 Å². The van der Waals surface area contributed by atoms with Crippen molar-refractivity contribution in [2.75, 3.05) is 0 Å². The van der Waals surface area contributed by atoms with E-state index in [1.807, 2.05) is 109 Å². The zero-order valence-electron chi connectivity index (χ0n) is 19.1. The third-order valence-electron chi connectivity index (χ3n) is 6.12. The molecular formula is C30H18N6. The third-order valence-corrected chi connectivity index (χ3v) is 6.12. The van der Waals surface area contributed by atoms with Gasteiger partial charge in [0.25, 0.3) is 0 Å². The number of hydrogen-bond donors (Lipinski definition) is 0. The van der Waals surface area contributed by atoms with E-state index in [2.05, 4.69) is 0 Å². The lowest BCUT2D eigenvalue weighted by Crippen LogP contribution is -2.03. The molecule has 0 amide bonds. The molecule has 4 aromatic heterocycles. The van der Waals surface area contributed by atoms with Crippen LogP contribution in [0.4, 0.5) is 0 Å². The van der Waals surface area contributed by atoms with Crippen molar-refractivity contribution in [3.05, 3.63) is 109 Å². The zero-order chi connectivity index (χ0) is 23.9. The molecule has 0 atom stereocenters. The molecule has 3 aromatic carbocycles. The van der Waals surface area contributed by atoms with E-state index >= 15 is 0 Å². The summed E-state index contributed by atoms with van der Waals surface area (Å²) >= 11 is 0. The smallest absolute Gasteiger partial charge is 0.182 e. The Kier molecular flexibility index (Phi) is 4.67. The van der Waals surface area contributed by atoms with Gasteiger partial charge in [0, 0.05) is 16.2 Å². The molecule has 0 unspecified atom stereocenters. The molecule has 0 radical (unpaired) electrons. The molecule has 0 bridgehead atoms. The fourth-order valence-corrected chi connectivity index (χ4v) is 4.29. The number of para-hydroxylation sites is 3. The Morgan fingerprint density at radius 3 is 0.917 bits per heavy atom. The Hall–Kier alpha value is -5.10. The SMILES string of the molecule is c1ccc2nc(-c3nc(-c4ccc5ccccc5n4)nc(-c4ccc5ccccc5n4)n3)ccc2c1. The van der Waals surface area contributed by atoms with Crippen LogP contribution in [0.15, 0.2) is 109 Å². The summed E-state index contributed by atoms with van der Waals surface area (Å²) in [7, 11) is 0. The largest absolute Gasteiger partial charge is 0.244 e. The summed E-state index contributed by atoms with van der Waals surface area (Å²) in [5.41, 5.74) is 4.64. The zero-order valence-corrected chi connectivity index (χ0v) is 19.1. The number of hydrogen-bond acceptors (Lipinski definition) is 6. The fourth-order valence-electron chi connectivity index (χ4n) is 4.29. The monoisotopic (exact) mass is 462 g/mol. The standard InChI is InChI=1S/C30H18N6/c1-4-10-22-19(7-1)13-16-25(31-22)28-34-29(26-17-14-20-8-2-5-11-23(20)32-26)36-30(35-28)27-18-15-21-9-3-6-12-24(21)33-27/h1-18H. The van der Waals surface area contributed by atoms with Gasteiger partial charge in [-0.15, -0.1) is 0 Å². The van der Waals surface area contributed by atoms with Crippen LogP contribution >= 0.6 is 0 Å². The quantitative estimate of drug-likeness (QED) is 0.298. The van der Waals surface area contributed by atoms with Crippen LogP contribution in [-0.4, -0.2) is 29.9 Å². The van der Waals surface area contributed by atoms with Crippen molar-refractivity contribution in [3.63, 3.8) is 0 Å². The minimum atomic E-state index is 0.477. The van der Waals surface area contributed by atoms with Crippen LogP contribution in [0.1, 0.15) is 0 Å². The van der Waals surface area contributed by atoms with E-state index < -0.39 is 0 Å². The lowest BCUT2D eigenvalue weighted by molar-refractivity contribution is 1.04. The van der Waals surface area contributed by atoms with E-state index in [1.165, 1.54) is 0 Å². The van der Waals surface area contributed by atoms with Gasteiger partial charge in [-0.1, -0.05) is 72.8 Å². The van der Waals surface area contributed by atoms with E-state index in [0.717, 1.165) is 32.7 Å². The van der Waals surface area contributed by atoms with Crippen molar-refractivity contribution in [1.29, 1.82) is 0 Å². The Bertz CT molecular complexity index is 1680. The molecule has 0 aliphatic heterocycles. The molecule has 4 heterocycles. The van der Waals surface area contributed by atoms with Gasteiger partial charge in [0.15, 0.2) is 17.5 Å².